The van der Waals surface area contributed by atoms with E-state index in [1.54, 1.807) is 0 Å². The highest BCUT2D eigenvalue weighted by atomic mass is 15.2. The molecule has 96 valence electrons. The predicted octanol–water partition coefficient (Wildman–Crippen LogP) is 1.40. The van der Waals surface area contributed by atoms with Gasteiger partial charge in [0.25, 0.3) is 0 Å². The topological polar surface area (TPSA) is 18.5 Å². The summed E-state index contributed by atoms with van der Waals surface area (Å²) in [7, 11) is 4.31. The minimum Gasteiger partial charge on any atom is -0.311 e. The summed E-state index contributed by atoms with van der Waals surface area (Å²) < 4.78 is 0. The van der Waals surface area contributed by atoms with Crippen LogP contribution in [0.15, 0.2) is 0 Å². The van der Waals surface area contributed by atoms with E-state index < -0.39 is 0 Å². The first-order valence-electron chi connectivity index (χ1n) is 6.79. The molecule has 1 rings (SSSR count). The smallest absolute Gasteiger partial charge is 0.0218 e. The van der Waals surface area contributed by atoms with Gasteiger partial charge in [0.15, 0.2) is 0 Å². The monoisotopic (exact) mass is 227 g/mol. The van der Waals surface area contributed by atoms with E-state index in [-0.39, 0.29) is 0 Å². The third kappa shape index (κ3) is 4.40. The molecule has 0 bridgehead atoms. The van der Waals surface area contributed by atoms with Crippen LogP contribution in [0.1, 0.15) is 33.1 Å². The lowest BCUT2D eigenvalue weighted by atomic mass is 10.0. The Hall–Kier alpha value is -0.120. The number of nitrogens with zero attached hydrogens (tertiary/aromatic N) is 2. The molecule has 3 heteroatoms. The number of hydrogen-bond donors (Lipinski definition) is 1. The molecule has 0 radical (unpaired) electrons. The predicted molar refractivity (Wildman–Crippen MR) is 70.9 cm³/mol. The van der Waals surface area contributed by atoms with Crippen LogP contribution < -0.4 is 5.32 Å². The van der Waals surface area contributed by atoms with Crippen LogP contribution in [0.2, 0.25) is 0 Å². The molecule has 0 saturated carbocycles. The van der Waals surface area contributed by atoms with Crippen LogP contribution in [0.25, 0.3) is 0 Å². The second-order valence-corrected chi connectivity index (χ2v) is 5.23. The molecule has 2 atom stereocenters. The van der Waals surface area contributed by atoms with Crippen molar-refractivity contribution in [3.8, 4) is 0 Å². The Labute approximate surface area is 101 Å². The van der Waals surface area contributed by atoms with E-state index in [2.05, 4.69) is 43.1 Å². The summed E-state index contributed by atoms with van der Waals surface area (Å²) in [4.78, 5) is 4.97. The van der Waals surface area contributed by atoms with Crippen LogP contribution in [0.5, 0.6) is 0 Å². The minimum atomic E-state index is 0.710. The molecule has 0 aromatic carbocycles. The van der Waals surface area contributed by atoms with E-state index >= 15 is 0 Å². The number of rotatable bonds is 6. The second kappa shape index (κ2) is 7.25. The van der Waals surface area contributed by atoms with Crippen LogP contribution >= 0.6 is 0 Å². The van der Waals surface area contributed by atoms with Crippen molar-refractivity contribution >= 4 is 0 Å². The first kappa shape index (κ1) is 13.9. The molecule has 0 amide bonds. The molecule has 0 spiro atoms. The van der Waals surface area contributed by atoms with Crippen molar-refractivity contribution in [2.24, 2.45) is 0 Å². The van der Waals surface area contributed by atoms with Crippen LogP contribution in [0.4, 0.5) is 0 Å². The van der Waals surface area contributed by atoms with Gasteiger partial charge in [-0.3, -0.25) is 4.90 Å². The third-order valence-electron chi connectivity index (χ3n) is 3.63. The summed E-state index contributed by atoms with van der Waals surface area (Å²) in [5, 5.41) is 3.65. The summed E-state index contributed by atoms with van der Waals surface area (Å²) in [6.45, 7) is 9.46. The van der Waals surface area contributed by atoms with Gasteiger partial charge < -0.3 is 10.2 Å². The van der Waals surface area contributed by atoms with Crippen molar-refractivity contribution in [3.05, 3.63) is 0 Å². The van der Waals surface area contributed by atoms with Gasteiger partial charge in [-0.25, -0.2) is 0 Å². The largest absolute Gasteiger partial charge is 0.311 e. The van der Waals surface area contributed by atoms with Crippen molar-refractivity contribution in [2.75, 3.05) is 40.3 Å². The molecule has 0 aromatic heterocycles. The van der Waals surface area contributed by atoms with Gasteiger partial charge in [0.1, 0.15) is 0 Å². The Balaban J connectivity index is 2.33. The van der Waals surface area contributed by atoms with Gasteiger partial charge >= 0.3 is 0 Å². The van der Waals surface area contributed by atoms with Gasteiger partial charge in [0, 0.05) is 25.2 Å². The first-order valence-corrected chi connectivity index (χ1v) is 6.79. The van der Waals surface area contributed by atoms with E-state index in [0.717, 1.165) is 6.04 Å². The fourth-order valence-electron chi connectivity index (χ4n) is 2.47. The number of hydrogen-bond acceptors (Lipinski definition) is 3. The SMILES string of the molecule is CCC1CN(CCCN(C)C)C(CC)CN1. The Kier molecular flexibility index (Phi) is 6.32. The molecule has 0 aromatic rings. The Morgan fingerprint density at radius 2 is 2.00 bits per heavy atom. The van der Waals surface area contributed by atoms with Crippen LogP contribution in [0.3, 0.4) is 0 Å². The summed E-state index contributed by atoms with van der Waals surface area (Å²) in [5.74, 6) is 0. The standard InChI is InChI=1S/C13H29N3/c1-5-12-11-16(9-7-8-15(3)4)13(6-2)10-14-12/h12-14H,5-11H2,1-4H3. The van der Waals surface area contributed by atoms with Gasteiger partial charge in [0.2, 0.25) is 0 Å². The van der Waals surface area contributed by atoms with Gasteiger partial charge in [-0.2, -0.15) is 0 Å². The van der Waals surface area contributed by atoms with E-state index in [9.17, 15) is 0 Å². The highest BCUT2D eigenvalue weighted by Crippen LogP contribution is 2.12. The molecule has 1 aliphatic rings. The lowest BCUT2D eigenvalue weighted by molar-refractivity contribution is 0.120. The number of nitrogens with one attached hydrogen (secondary N) is 1. The van der Waals surface area contributed by atoms with Crippen molar-refractivity contribution < 1.29 is 0 Å². The lowest BCUT2D eigenvalue weighted by Gasteiger charge is -2.40. The van der Waals surface area contributed by atoms with E-state index in [4.69, 9.17) is 0 Å². The molecule has 2 unspecified atom stereocenters. The fraction of sp³-hybridized carbons (Fsp3) is 1.00. The summed E-state index contributed by atoms with van der Waals surface area (Å²) in [6.07, 6.45) is 3.81. The Morgan fingerprint density at radius 1 is 1.25 bits per heavy atom. The molecular formula is C13H29N3. The molecule has 1 aliphatic heterocycles. The van der Waals surface area contributed by atoms with Crippen molar-refractivity contribution in [1.29, 1.82) is 0 Å². The summed E-state index contributed by atoms with van der Waals surface area (Å²) in [5.41, 5.74) is 0. The third-order valence-corrected chi connectivity index (χ3v) is 3.63. The molecule has 1 fully saturated rings. The Bertz CT molecular complexity index is 182. The maximum Gasteiger partial charge on any atom is 0.0218 e. The summed E-state index contributed by atoms with van der Waals surface area (Å²) in [6, 6.07) is 1.46. The van der Waals surface area contributed by atoms with Gasteiger partial charge in [-0.05, 0) is 46.4 Å². The molecule has 0 aliphatic carbocycles. The zero-order chi connectivity index (χ0) is 12.0. The van der Waals surface area contributed by atoms with Gasteiger partial charge in [-0.1, -0.05) is 13.8 Å². The van der Waals surface area contributed by atoms with Crippen molar-refractivity contribution in [1.82, 2.24) is 15.1 Å². The van der Waals surface area contributed by atoms with Crippen LogP contribution in [0, 0.1) is 0 Å². The quantitative estimate of drug-likeness (QED) is 0.740. The van der Waals surface area contributed by atoms with Gasteiger partial charge in [0.05, 0.1) is 0 Å². The van der Waals surface area contributed by atoms with Crippen molar-refractivity contribution in [2.45, 2.75) is 45.2 Å². The van der Waals surface area contributed by atoms with Crippen molar-refractivity contribution in [3.63, 3.8) is 0 Å². The maximum atomic E-state index is 3.65. The average molecular weight is 227 g/mol. The molecule has 16 heavy (non-hydrogen) atoms. The molecule has 1 N–H and O–H groups in total. The lowest BCUT2D eigenvalue weighted by Crippen LogP contribution is -2.56. The fourth-order valence-corrected chi connectivity index (χ4v) is 2.47. The molecule has 1 saturated heterocycles. The van der Waals surface area contributed by atoms with Gasteiger partial charge in [-0.15, -0.1) is 0 Å². The summed E-state index contributed by atoms with van der Waals surface area (Å²) >= 11 is 0. The highest BCUT2D eigenvalue weighted by molar-refractivity contribution is 4.84. The van der Waals surface area contributed by atoms with E-state index in [1.165, 1.54) is 45.4 Å². The highest BCUT2D eigenvalue weighted by Gasteiger charge is 2.24. The van der Waals surface area contributed by atoms with E-state index in [0.29, 0.717) is 6.04 Å². The molecule has 3 nitrogen and oxygen atoms in total. The zero-order valence-electron chi connectivity index (χ0n) is 11.5. The first-order chi connectivity index (χ1) is 7.67. The zero-order valence-corrected chi connectivity index (χ0v) is 11.5. The molecule has 1 heterocycles. The normalized spacial score (nSPS) is 27.6. The van der Waals surface area contributed by atoms with E-state index in [1.807, 2.05) is 0 Å². The van der Waals surface area contributed by atoms with Crippen LogP contribution in [-0.4, -0.2) is 62.2 Å². The average Bonchev–Trinajstić information content (AvgIpc) is 2.28. The number of piperazine rings is 1. The second-order valence-electron chi connectivity index (χ2n) is 5.23. The molecular weight excluding hydrogens is 198 g/mol. The van der Waals surface area contributed by atoms with Crippen LogP contribution in [-0.2, 0) is 0 Å². The Morgan fingerprint density at radius 3 is 2.56 bits per heavy atom. The maximum absolute atomic E-state index is 3.65. The minimum absolute atomic E-state index is 0.710.